The van der Waals surface area contributed by atoms with E-state index in [2.05, 4.69) is 38.6 Å². The van der Waals surface area contributed by atoms with E-state index in [9.17, 15) is 4.79 Å². The molecule has 0 saturated carbocycles. The van der Waals surface area contributed by atoms with Gasteiger partial charge in [0.25, 0.3) is 0 Å². The Hall–Kier alpha value is -3.00. The molecule has 0 atom stereocenters. The van der Waals surface area contributed by atoms with Crippen molar-refractivity contribution in [3.63, 3.8) is 0 Å². The summed E-state index contributed by atoms with van der Waals surface area (Å²) in [6.45, 7) is 18.3. The van der Waals surface area contributed by atoms with E-state index in [0.717, 1.165) is 44.3 Å². The minimum absolute atomic E-state index is 0.161. The molecule has 0 aromatic carbocycles. The lowest BCUT2D eigenvalue weighted by Gasteiger charge is -2.25. The number of methoxy groups -OCH3 is 2. The van der Waals surface area contributed by atoms with Crippen LogP contribution in [0.25, 0.3) is 0 Å². The first-order chi connectivity index (χ1) is 17.9. The van der Waals surface area contributed by atoms with Crippen LogP contribution >= 0.6 is 0 Å². The van der Waals surface area contributed by atoms with Crippen LogP contribution in [-0.2, 0) is 14.2 Å². The molecule has 0 aromatic heterocycles. The number of allylic oxidation sites excluding steroid dienone is 2. The summed E-state index contributed by atoms with van der Waals surface area (Å²) in [5, 5.41) is 10.3. The van der Waals surface area contributed by atoms with Gasteiger partial charge in [-0.25, -0.2) is 4.79 Å². The lowest BCUT2D eigenvalue weighted by molar-refractivity contribution is 0.157. The molecule has 0 aliphatic carbocycles. The smallest absolute Gasteiger partial charge is 0.322 e. The molecule has 0 bridgehead atoms. The van der Waals surface area contributed by atoms with Gasteiger partial charge in [0.05, 0.1) is 32.9 Å². The van der Waals surface area contributed by atoms with E-state index in [4.69, 9.17) is 19.5 Å². The van der Waals surface area contributed by atoms with Gasteiger partial charge < -0.3 is 24.4 Å². The first kappa shape index (κ1) is 41.1. The molecule has 2 amide bonds. The van der Waals surface area contributed by atoms with E-state index in [-0.39, 0.29) is 6.03 Å². The molecule has 0 radical (unpaired) electrons. The highest BCUT2D eigenvalue weighted by atomic mass is 16.5. The van der Waals surface area contributed by atoms with E-state index in [1.165, 1.54) is 6.92 Å². The van der Waals surface area contributed by atoms with Gasteiger partial charge in [0.1, 0.15) is 5.76 Å². The quantitative estimate of drug-likeness (QED) is 0.0967. The second-order valence-corrected chi connectivity index (χ2v) is 7.17. The monoisotopic (exact) mass is 519 g/mol. The molecule has 7 heteroatoms. The molecular formula is C30H53N3O4. The van der Waals surface area contributed by atoms with Gasteiger partial charge in [-0.2, -0.15) is 5.26 Å². The Kier molecular flexibility index (Phi) is 39.1. The summed E-state index contributed by atoms with van der Waals surface area (Å²) in [6, 6.07) is 1.59. The summed E-state index contributed by atoms with van der Waals surface area (Å²) in [5.41, 5.74) is 1.59. The molecule has 0 aliphatic heterocycles. The molecule has 0 unspecified atom stereocenters. The second-order valence-electron chi connectivity index (χ2n) is 7.17. The number of carbonyl (C=O) groups is 1. The third-order valence-electron chi connectivity index (χ3n) is 4.51. The normalized spacial score (nSPS) is 10.4. The largest absolute Gasteiger partial charge is 0.497 e. The number of hydrogen-bond acceptors (Lipinski definition) is 5. The topological polar surface area (TPSA) is 83.8 Å². The van der Waals surface area contributed by atoms with E-state index in [0.29, 0.717) is 37.8 Å². The van der Waals surface area contributed by atoms with Crippen molar-refractivity contribution < 1.29 is 19.0 Å². The number of ether oxygens (including phenoxy) is 3. The molecule has 37 heavy (non-hydrogen) atoms. The fraction of sp³-hybridized carbons (Fsp3) is 0.600. The number of unbranched alkanes of at least 4 members (excludes halogenated alkanes) is 3. The molecule has 0 rings (SSSR count). The van der Waals surface area contributed by atoms with Crippen LogP contribution in [0.2, 0.25) is 0 Å². The van der Waals surface area contributed by atoms with Crippen molar-refractivity contribution in [2.45, 2.75) is 73.6 Å². The summed E-state index contributed by atoms with van der Waals surface area (Å²) in [7, 11) is 3.22. The number of nitriles is 1. The Morgan fingerprint density at radius 1 is 1.11 bits per heavy atom. The highest BCUT2D eigenvalue weighted by molar-refractivity contribution is 5.77. The molecule has 0 spiro atoms. The third kappa shape index (κ3) is 27.4. The molecule has 0 saturated heterocycles. The van der Waals surface area contributed by atoms with E-state index in [1.54, 1.807) is 25.2 Å². The number of urea groups is 1. The fourth-order valence-electron chi connectivity index (χ4n) is 2.60. The van der Waals surface area contributed by atoms with Crippen molar-refractivity contribution in [3.05, 3.63) is 47.9 Å². The zero-order valence-electron chi connectivity index (χ0n) is 24.8. The number of nitrogens with one attached hydrogen (secondary N) is 1. The average Bonchev–Trinajstić information content (AvgIpc) is 2.93. The van der Waals surface area contributed by atoms with Crippen LogP contribution < -0.4 is 5.32 Å². The van der Waals surface area contributed by atoms with Gasteiger partial charge in [0, 0.05) is 38.5 Å². The van der Waals surface area contributed by atoms with Crippen LogP contribution in [0.4, 0.5) is 4.79 Å². The van der Waals surface area contributed by atoms with Gasteiger partial charge in [-0.1, -0.05) is 65.7 Å². The van der Waals surface area contributed by atoms with Crippen LogP contribution in [0, 0.1) is 24.2 Å². The zero-order valence-corrected chi connectivity index (χ0v) is 24.8. The van der Waals surface area contributed by atoms with E-state index in [1.807, 2.05) is 45.1 Å². The fourth-order valence-corrected chi connectivity index (χ4v) is 2.60. The predicted molar refractivity (Wildman–Crippen MR) is 157 cm³/mol. The number of terminal acetylenes is 1. The van der Waals surface area contributed by atoms with Crippen LogP contribution in [0.15, 0.2) is 47.9 Å². The summed E-state index contributed by atoms with van der Waals surface area (Å²) in [5.74, 6) is 0.572. The van der Waals surface area contributed by atoms with Gasteiger partial charge in [-0.3, -0.25) is 0 Å². The number of rotatable bonds is 17. The number of nitrogens with zero attached hydrogens (tertiary/aromatic N) is 2. The molecule has 0 aliphatic rings. The SMILES string of the molecule is C#C.C=C(OC)/C(=C\C)CN(CCCC)C(=O)NC(/C=C\COC)=C/COCCCCC.CC.CC#N. The van der Waals surface area contributed by atoms with E-state index >= 15 is 0 Å². The lowest BCUT2D eigenvalue weighted by atomic mass is 10.2. The van der Waals surface area contributed by atoms with Gasteiger partial charge in [-0.05, 0) is 31.9 Å². The Morgan fingerprint density at radius 3 is 2.19 bits per heavy atom. The van der Waals surface area contributed by atoms with Gasteiger partial charge in [0.15, 0.2) is 0 Å². The maximum Gasteiger partial charge on any atom is 0.322 e. The van der Waals surface area contributed by atoms with Gasteiger partial charge in [0.2, 0.25) is 0 Å². The molecule has 0 fully saturated rings. The summed E-state index contributed by atoms with van der Waals surface area (Å²) in [4.78, 5) is 14.8. The Labute approximate surface area is 228 Å². The number of carbonyl (C=O) groups excluding carboxylic acids is 1. The molecule has 212 valence electrons. The highest BCUT2D eigenvalue weighted by Crippen LogP contribution is 2.12. The van der Waals surface area contributed by atoms with Crippen molar-refractivity contribution in [3.8, 4) is 18.9 Å². The van der Waals surface area contributed by atoms with Gasteiger partial charge in [-0.15, -0.1) is 12.8 Å². The number of amides is 2. The van der Waals surface area contributed by atoms with Crippen molar-refractivity contribution in [1.82, 2.24) is 10.2 Å². The summed E-state index contributed by atoms with van der Waals surface area (Å²) in [6.07, 6.45) is 20.8. The minimum Gasteiger partial charge on any atom is -0.497 e. The van der Waals surface area contributed by atoms with Crippen LogP contribution in [0.5, 0.6) is 0 Å². The summed E-state index contributed by atoms with van der Waals surface area (Å²) < 4.78 is 16.0. The first-order valence-electron chi connectivity index (χ1n) is 13.0. The Morgan fingerprint density at radius 2 is 1.70 bits per heavy atom. The molecule has 0 aromatic rings. The standard InChI is InChI=1S/C24H42N2O4.C2H3N.C2H6.C2H2/c1-7-10-12-18-30-19-15-23(14-13-17-28-5)25-24(27)26(16-11-8-2)20-22(9-3)21(4)29-6;1-2-3;2*1-2/h9,13-15H,4,7-8,10-12,16-20H2,1-3,5-6H3,(H,25,27);1H3;1-2H3;1-2H/b14-13-,22-9-,23-15+;;;. The second kappa shape index (κ2) is 35.2. The maximum atomic E-state index is 13.0. The Bertz CT molecular complexity index is 689. The average molecular weight is 520 g/mol. The highest BCUT2D eigenvalue weighted by Gasteiger charge is 2.16. The van der Waals surface area contributed by atoms with Gasteiger partial charge >= 0.3 is 6.03 Å². The third-order valence-corrected chi connectivity index (χ3v) is 4.51. The van der Waals surface area contributed by atoms with Crippen LogP contribution in [0.1, 0.15) is 73.6 Å². The molecule has 1 N–H and O–H groups in total. The van der Waals surface area contributed by atoms with Crippen LogP contribution in [0.3, 0.4) is 0 Å². The van der Waals surface area contributed by atoms with Crippen molar-refractivity contribution in [2.75, 3.05) is 47.1 Å². The van der Waals surface area contributed by atoms with Crippen molar-refractivity contribution in [2.24, 2.45) is 0 Å². The molecular weight excluding hydrogens is 466 g/mol. The van der Waals surface area contributed by atoms with Crippen molar-refractivity contribution in [1.29, 1.82) is 5.26 Å². The lowest BCUT2D eigenvalue weighted by Crippen LogP contribution is -2.41. The first-order valence-corrected chi connectivity index (χ1v) is 13.0. The van der Waals surface area contributed by atoms with Crippen molar-refractivity contribution >= 4 is 6.03 Å². The molecule has 0 heterocycles. The van der Waals surface area contributed by atoms with Crippen LogP contribution in [-0.4, -0.2) is 58.1 Å². The number of hydrogen-bond donors (Lipinski definition) is 1. The summed E-state index contributed by atoms with van der Waals surface area (Å²) >= 11 is 0. The molecule has 7 nitrogen and oxygen atoms in total. The predicted octanol–water partition coefficient (Wildman–Crippen LogP) is 7.00. The Balaban J connectivity index is -0.000000703. The van der Waals surface area contributed by atoms with E-state index < -0.39 is 0 Å². The minimum atomic E-state index is -0.161. The maximum absolute atomic E-state index is 13.0. The zero-order chi connectivity index (χ0) is 29.3.